The van der Waals surface area contributed by atoms with Crippen LogP contribution in [0.2, 0.25) is 0 Å². The average molecular weight is 271 g/mol. The van der Waals surface area contributed by atoms with Crippen molar-refractivity contribution in [2.24, 2.45) is 0 Å². The molecule has 2 aliphatic rings. The summed E-state index contributed by atoms with van der Waals surface area (Å²) in [6.45, 7) is 5.10. The van der Waals surface area contributed by atoms with E-state index in [1.807, 2.05) is 12.1 Å². The van der Waals surface area contributed by atoms with Gasteiger partial charge in [-0.05, 0) is 18.6 Å². The molecule has 0 saturated carbocycles. The van der Waals surface area contributed by atoms with Crippen molar-refractivity contribution in [3.63, 3.8) is 0 Å². The number of pyridine rings is 1. The van der Waals surface area contributed by atoms with Gasteiger partial charge in [-0.1, -0.05) is 12.6 Å². The number of nitrogens with one attached hydrogen (secondary N) is 2. The summed E-state index contributed by atoms with van der Waals surface area (Å²) in [5, 5.41) is 10.2. The maximum absolute atomic E-state index is 12.1. The highest BCUT2D eigenvalue weighted by molar-refractivity contribution is 5.92. The maximum atomic E-state index is 12.1. The summed E-state index contributed by atoms with van der Waals surface area (Å²) < 4.78 is 9.46. The topological polar surface area (TPSA) is 61.7 Å². The van der Waals surface area contributed by atoms with E-state index < -0.39 is 5.54 Å². The van der Waals surface area contributed by atoms with Crippen LogP contribution in [-0.4, -0.2) is 34.1 Å². The highest BCUT2D eigenvalue weighted by Crippen LogP contribution is 2.32. The zero-order chi connectivity index (χ0) is 14.6. The molecule has 0 aliphatic carbocycles. The second-order valence-corrected chi connectivity index (χ2v) is 5.29. The number of aromatic nitrogens is 2. The Labute approximate surface area is 117 Å². The number of fused-ring (bicyclic) bond motifs is 1. The molecule has 1 spiro atoms. The lowest BCUT2D eigenvalue weighted by Crippen LogP contribution is -2.48. The lowest BCUT2D eigenvalue weighted by atomic mass is 9.99. The van der Waals surface area contributed by atoms with Crippen molar-refractivity contribution in [3.8, 4) is 0 Å². The van der Waals surface area contributed by atoms with Gasteiger partial charge in [0.05, 0.1) is 31.1 Å². The van der Waals surface area contributed by atoms with Gasteiger partial charge in [-0.3, -0.25) is 4.79 Å². The first-order chi connectivity index (χ1) is 10.1. The van der Waals surface area contributed by atoms with Gasteiger partial charge in [-0.2, -0.15) is 5.10 Å². The van der Waals surface area contributed by atoms with Gasteiger partial charge in [0.15, 0.2) is 0 Å². The second-order valence-electron chi connectivity index (χ2n) is 5.29. The van der Waals surface area contributed by atoms with Crippen molar-refractivity contribution in [3.05, 3.63) is 43.0 Å². The van der Waals surface area contributed by atoms with E-state index in [2.05, 4.69) is 27.2 Å². The van der Waals surface area contributed by atoms with Gasteiger partial charge in [-0.25, -0.2) is 4.52 Å². The summed E-state index contributed by atoms with van der Waals surface area (Å²) >= 11 is 0. The Morgan fingerprint density at radius 1 is 1.50 bits per heavy atom. The van der Waals surface area contributed by atoms with E-state index in [4.69, 9.17) is 1.37 Å². The molecule has 20 heavy (non-hydrogen) atoms. The first kappa shape index (κ1) is 10.3. The third kappa shape index (κ3) is 1.44. The average Bonchev–Trinajstić information content (AvgIpc) is 3.10. The third-order valence-electron chi connectivity index (χ3n) is 4.03. The lowest BCUT2D eigenvalue weighted by Gasteiger charge is -2.22. The first-order valence-corrected chi connectivity index (χ1v) is 6.56. The van der Waals surface area contributed by atoms with Crippen molar-refractivity contribution in [1.82, 2.24) is 20.2 Å². The molecule has 4 rings (SSSR count). The van der Waals surface area contributed by atoms with Gasteiger partial charge in [0.25, 0.3) is 5.91 Å². The lowest BCUT2D eigenvalue weighted by molar-refractivity contribution is -0.123. The highest BCUT2D eigenvalue weighted by Gasteiger charge is 2.49. The molecule has 4 heterocycles. The second kappa shape index (κ2) is 3.75. The summed E-state index contributed by atoms with van der Waals surface area (Å²) in [5.41, 5.74) is 1.24. The largest absolute Gasteiger partial charge is 0.365 e. The highest BCUT2D eigenvalue weighted by atomic mass is 16.2. The molecule has 2 aliphatic heterocycles. The molecule has 102 valence electrons. The molecule has 2 aromatic heterocycles. The Bertz CT molecular complexity index is 770. The molecule has 2 N–H and O–H groups in total. The minimum Gasteiger partial charge on any atom is -0.365 e. The van der Waals surface area contributed by atoms with Crippen molar-refractivity contribution < 1.29 is 6.17 Å². The monoisotopic (exact) mass is 271 g/mol. The maximum Gasteiger partial charge on any atom is 0.253 e. The number of hydrogen-bond donors (Lipinski definition) is 2. The van der Waals surface area contributed by atoms with Crippen LogP contribution < -0.4 is 15.5 Å². The fourth-order valence-corrected chi connectivity index (χ4v) is 3.04. The van der Waals surface area contributed by atoms with E-state index >= 15 is 0 Å². The number of amides is 1. The van der Waals surface area contributed by atoms with Crippen LogP contribution in [0.15, 0.2) is 43.0 Å². The number of hydrogen-bond acceptors (Lipinski definition) is 4. The van der Waals surface area contributed by atoms with Crippen molar-refractivity contribution in [1.29, 1.82) is 0 Å². The number of anilines is 1. The minimum atomic E-state index is -0.593. The van der Waals surface area contributed by atoms with Crippen LogP contribution in [0.5, 0.6) is 0 Å². The molecular formula is C14H15N5O. The Balaban J connectivity index is 1.70. The molecule has 1 amide bonds. The van der Waals surface area contributed by atoms with Crippen LogP contribution in [0.25, 0.3) is 5.52 Å². The van der Waals surface area contributed by atoms with Gasteiger partial charge in [-0.15, -0.1) is 0 Å². The fourth-order valence-electron chi connectivity index (χ4n) is 3.04. The predicted octanol–water partition coefficient (Wildman–Crippen LogP) is 0.474. The molecule has 6 nitrogen and oxygen atoms in total. The fraction of sp³-hybridized carbons (Fsp3) is 0.286. The molecule has 1 atom stereocenters. The summed E-state index contributed by atoms with van der Waals surface area (Å²) in [4.78, 5) is 14.3. The van der Waals surface area contributed by atoms with Crippen LogP contribution in [0.3, 0.4) is 0 Å². The van der Waals surface area contributed by atoms with Gasteiger partial charge in [0, 0.05) is 12.7 Å². The normalized spacial score (nSPS) is 26.2. The summed E-state index contributed by atoms with van der Waals surface area (Å²) in [6.07, 6.45) is 2.82. The van der Waals surface area contributed by atoms with Crippen LogP contribution in [0, 0.1) is 0 Å². The predicted molar refractivity (Wildman–Crippen MR) is 75.2 cm³/mol. The van der Waals surface area contributed by atoms with Crippen molar-refractivity contribution >= 4 is 17.1 Å². The zero-order valence-corrected chi connectivity index (χ0v) is 10.9. The molecule has 0 bridgehead atoms. The van der Waals surface area contributed by atoms with Crippen molar-refractivity contribution in [2.75, 3.05) is 18.0 Å². The Morgan fingerprint density at radius 3 is 3.20 bits per heavy atom. The van der Waals surface area contributed by atoms with E-state index in [0.29, 0.717) is 18.5 Å². The van der Waals surface area contributed by atoms with Gasteiger partial charge >= 0.3 is 0 Å². The van der Waals surface area contributed by atoms with Gasteiger partial charge < -0.3 is 15.5 Å². The minimum absolute atomic E-state index is 0.0207. The number of carbonyl (C=O) groups excluding carboxylic acids is 1. The molecule has 2 fully saturated rings. The quantitative estimate of drug-likeness (QED) is 0.791. The third-order valence-corrected chi connectivity index (χ3v) is 4.03. The van der Waals surface area contributed by atoms with Crippen LogP contribution >= 0.6 is 0 Å². The SMILES string of the molecule is [3H]c1cccc2c(N3CCC4(C3)NC(=C)NC4=O)cnn12. The Morgan fingerprint density at radius 2 is 2.40 bits per heavy atom. The van der Waals surface area contributed by atoms with Crippen LogP contribution in [0.4, 0.5) is 5.69 Å². The molecule has 0 radical (unpaired) electrons. The molecule has 0 aromatic carbocycles. The molecular weight excluding hydrogens is 254 g/mol. The number of nitrogens with zero attached hydrogens (tertiary/aromatic N) is 3. The van der Waals surface area contributed by atoms with E-state index in [-0.39, 0.29) is 5.91 Å². The zero-order valence-electron chi connectivity index (χ0n) is 11.9. The summed E-state index contributed by atoms with van der Waals surface area (Å²) in [5.74, 6) is 0.544. The Kier molecular flexibility index (Phi) is 1.93. The van der Waals surface area contributed by atoms with Gasteiger partial charge in [0.1, 0.15) is 5.54 Å². The molecule has 1 unspecified atom stereocenters. The summed E-state index contributed by atoms with van der Waals surface area (Å²) in [6, 6.07) is 5.48. The summed E-state index contributed by atoms with van der Waals surface area (Å²) in [7, 11) is 0. The van der Waals surface area contributed by atoms with Crippen LogP contribution in [-0.2, 0) is 4.79 Å². The molecule has 6 heteroatoms. The molecule has 2 saturated heterocycles. The number of rotatable bonds is 1. The smallest absolute Gasteiger partial charge is 0.253 e. The Hall–Kier alpha value is -2.50. The standard InChI is InChI=1S/C14H15N5O/c1-10-16-13(20)14(17-10)5-7-18(9-14)12-8-15-19-6-3-2-4-11(12)19/h2-4,6,8,17H,1,5,7,9H2,(H,16,20)/i6T. The van der Waals surface area contributed by atoms with E-state index in [1.54, 1.807) is 16.8 Å². The van der Waals surface area contributed by atoms with Crippen molar-refractivity contribution in [2.45, 2.75) is 12.0 Å². The van der Waals surface area contributed by atoms with Gasteiger partial charge in [0.2, 0.25) is 0 Å². The van der Waals surface area contributed by atoms with E-state index in [9.17, 15) is 4.79 Å². The number of carbonyl (C=O) groups is 1. The first-order valence-electron chi connectivity index (χ1n) is 7.06. The molecule has 2 aromatic rings. The van der Waals surface area contributed by atoms with E-state index in [1.165, 1.54) is 0 Å². The van der Waals surface area contributed by atoms with Crippen LogP contribution in [0.1, 0.15) is 7.79 Å². The van der Waals surface area contributed by atoms with E-state index in [0.717, 1.165) is 24.2 Å².